The van der Waals surface area contributed by atoms with Gasteiger partial charge >= 0.3 is 0 Å². The first-order valence-electron chi connectivity index (χ1n) is 7.90. The van der Waals surface area contributed by atoms with Gasteiger partial charge in [-0.15, -0.1) is 11.3 Å². The number of sulfonamides is 1. The summed E-state index contributed by atoms with van der Waals surface area (Å²) >= 11 is 1.27. The Morgan fingerprint density at radius 3 is 2.87 bits per heavy atom. The number of carbonyl (C=O) groups is 1. The second-order valence-electron chi connectivity index (χ2n) is 6.12. The number of hydrogen-bond acceptors (Lipinski definition) is 5. The Bertz CT molecular complexity index is 640. The molecule has 6 nitrogen and oxygen atoms in total. The highest BCUT2D eigenvalue weighted by molar-refractivity contribution is 7.91. The SMILES string of the molecule is Cc1ccc(S(=O)(=O)N2CCCC(C(=O)NCCC(C)N)C2)s1. The third-order valence-corrected chi connectivity index (χ3v) is 7.30. The predicted molar refractivity (Wildman–Crippen MR) is 91.8 cm³/mol. The van der Waals surface area contributed by atoms with E-state index in [4.69, 9.17) is 5.73 Å². The lowest BCUT2D eigenvalue weighted by Crippen LogP contribution is -2.45. The van der Waals surface area contributed by atoms with Crippen LogP contribution in [0.2, 0.25) is 0 Å². The minimum atomic E-state index is -3.49. The van der Waals surface area contributed by atoms with Gasteiger partial charge in [0.15, 0.2) is 0 Å². The van der Waals surface area contributed by atoms with Crippen molar-refractivity contribution in [2.45, 2.75) is 43.4 Å². The molecule has 0 aliphatic carbocycles. The molecule has 0 spiro atoms. The van der Waals surface area contributed by atoms with Crippen LogP contribution >= 0.6 is 11.3 Å². The zero-order valence-corrected chi connectivity index (χ0v) is 15.3. The van der Waals surface area contributed by atoms with Crippen molar-refractivity contribution in [3.63, 3.8) is 0 Å². The number of nitrogens with one attached hydrogen (secondary N) is 1. The summed E-state index contributed by atoms with van der Waals surface area (Å²) in [6.45, 7) is 5.04. The molecule has 23 heavy (non-hydrogen) atoms. The van der Waals surface area contributed by atoms with Gasteiger partial charge in [0.2, 0.25) is 5.91 Å². The number of nitrogens with zero attached hydrogens (tertiary/aromatic N) is 1. The number of hydrogen-bond donors (Lipinski definition) is 2. The summed E-state index contributed by atoms with van der Waals surface area (Å²) in [5.74, 6) is -0.361. The van der Waals surface area contributed by atoms with E-state index in [-0.39, 0.29) is 24.4 Å². The van der Waals surface area contributed by atoms with E-state index in [1.54, 1.807) is 12.1 Å². The first kappa shape index (κ1) is 18.4. The highest BCUT2D eigenvalue weighted by atomic mass is 32.2. The zero-order chi connectivity index (χ0) is 17.0. The van der Waals surface area contributed by atoms with Crippen LogP contribution < -0.4 is 11.1 Å². The van der Waals surface area contributed by atoms with Crippen molar-refractivity contribution in [2.75, 3.05) is 19.6 Å². The molecule has 0 radical (unpaired) electrons. The second kappa shape index (κ2) is 7.74. The van der Waals surface area contributed by atoms with Crippen LogP contribution in [0.1, 0.15) is 31.1 Å². The topological polar surface area (TPSA) is 92.5 Å². The van der Waals surface area contributed by atoms with E-state index < -0.39 is 10.0 Å². The molecule has 1 fully saturated rings. The lowest BCUT2D eigenvalue weighted by molar-refractivity contribution is -0.126. The molecule has 1 aliphatic heterocycles. The van der Waals surface area contributed by atoms with E-state index in [1.807, 2.05) is 13.8 Å². The molecule has 0 bridgehead atoms. The third kappa shape index (κ3) is 4.76. The molecule has 1 aromatic heterocycles. The Hall–Kier alpha value is -0.960. The lowest BCUT2D eigenvalue weighted by atomic mass is 9.99. The van der Waals surface area contributed by atoms with Gasteiger partial charge in [0, 0.05) is 30.6 Å². The number of thiophene rings is 1. The molecule has 2 atom stereocenters. The molecule has 1 amide bonds. The van der Waals surface area contributed by atoms with E-state index in [1.165, 1.54) is 15.6 Å². The predicted octanol–water partition coefficient (Wildman–Crippen LogP) is 1.31. The largest absolute Gasteiger partial charge is 0.356 e. The maximum Gasteiger partial charge on any atom is 0.252 e. The number of aryl methyl sites for hydroxylation is 1. The van der Waals surface area contributed by atoms with Crippen molar-refractivity contribution in [3.8, 4) is 0 Å². The number of nitrogens with two attached hydrogens (primary N) is 1. The Morgan fingerprint density at radius 2 is 2.26 bits per heavy atom. The number of rotatable bonds is 6. The summed E-state index contributed by atoms with van der Waals surface area (Å²) in [5, 5.41) is 2.86. The molecule has 2 rings (SSSR count). The van der Waals surface area contributed by atoms with E-state index in [0.29, 0.717) is 23.7 Å². The van der Waals surface area contributed by atoms with Gasteiger partial charge in [0.05, 0.1) is 5.92 Å². The average molecular weight is 360 g/mol. The van der Waals surface area contributed by atoms with Crippen molar-refractivity contribution in [3.05, 3.63) is 17.0 Å². The van der Waals surface area contributed by atoms with Crippen LogP contribution in [0.15, 0.2) is 16.3 Å². The van der Waals surface area contributed by atoms with Gasteiger partial charge in [-0.2, -0.15) is 4.31 Å². The molecule has 3 N–H and O–H groups in total. The van der Waals surface area contributed by atoms with E-state index >= 15 is 0 Å². The fraction of sp³-hybridized carbons (Fsp3) is 0.667. The van der Waals surface area contributed by atoms with Crippen LogP contribution in [0.25, 0.3) is 0 Å². The van der Waals surface area contributed by atoms with Crippen LogP contribution in [-0.2, 0) is 14.8 Å². The van der Waals surface area contributed by atoms with Crippen molar-refractivity contribution < 1.29 is 13.2 Å². The summed E-state index contributed by atoms with van der Waals surface area (Å²) in [6, 6.07) is 3.49. The minimum Gasteiger partial charge on any atom is -0.356 e. The summed E-state index contributed by atoms with van der Waals surface area (Å²) in [4.78, 5) is 13.2. The number of amides is 1. The maximum absolute atomic E-state index is 12.7. The fourth-order valence-electron chi connectivity index (χ4n) is 2.62. The molecule has 130 valence electrons. The quantitative estimate of drug-likeness (QED) is 0.801. The van der Waals surface area contributed by atoms with Crippen molar-refractivity contribution in [2.24, 2.45) is 11.7 Å². The van der Waals surface area contributed by atoms with Gasteiger partial charge < -0.3 is 11.1 Å². The van der Waals surface area contributed by atoms with Gasteiger partial charge in [-0.25, -0.2) is 8.42 Å². The summed E-state index contributed by atoms with van der Waals surface area (Å²) < 4.78 is 27.1. The van der Waals surface area contributed by atoms with Gasteiger partial charge in [0.1, 0.15) is 4.21 Å². The lowest BCUT2D eigenvalue weighted by Gasteiger charge is -2.30. The Labute approximate surface area is 142 Å². The molecule has 1 saturated heterocycles. The van der Waals surface area contributed by atoms with Gasteiger partial charge in [0.25, 0.3) is 10.0 Å². The number of carbonyl (C=O) groups excluding carboxylic acids is 1. The third-order valence-electron chi connectivity index (χ3n) is 3.96. The highest BCUT2D eigenvalue weighted by Gasteiger charge is 2.33. The Balaban J connectivity index is 1.99. The molecule has 2 heterocycles. The standard InChI is InChI=1S/C15H25N3O3S2/c1-11(16)7-8-17-15(19)13-4-3-9-18(10-13)23(20,21)14-6-5-12(2)22-14/h5-6,11,13H,3-4,7-10,16H2,1-2H3,(H,17,19). The van der Waals surface area contributed by atoms with Gasteiger partial charge in [-0.05, 0) is 45.2 Å². The maximum atomic E-state index is 12.7. The molecule has 2 unspecified atom stereocenters. The second-order valence-corrected chi connectivity index (χ2v) is 9.58. The number of piperidine rings is 1. The fourth-order valence-corrected chi connectivity index (χ4v) is 5.58. The molecule has 1 aliphatic rings. The molecule has 8 heteroatoms. The molecular formula is C15H25N3O3S2. The first-order chi connectivity index (χ1) is 10.8. The monoisotopic (exact) mass is 359 g/mol. The van der Waals surface area contributed by atoms with Gasteiger partial charge in [-0.1, -0.05) is 0 Å². The smallest absolute Gasteiger partial charge is 0.252 e. The van der Waals surface area contributed by atoms with E-state index in [0.717, 1.165) is 17.7 Å². The molecule has 0 aromatic carbocycles. The first-order valence-corrected chi connectivity index (χ1v) is 10.2. The van der Waals surface area contributed by atoms with Gasteiger partial charge in [-0.3, -0.25) is 4.79 Å². The van der Waals surface area contributed by atoms with Crippen LogP contribution in [0.3, 0.4) is 0 Å². The average Bonchev–Trinajstić information content (AvgIpc) is 2.94. The van der Waals surface area contributed by atoms with E-state index in [2.05, 4.69) is 5.32 Å². The van der Waals surface area contributed by atoms with Crippen LogP contribution in [0.5, 0.6) is 0 Å². The molecule has 0 saturated carbocycles. The van der Waals surface area contributed by atoms with Crippen LogP contribution in [0.4, 0.5) is 0 Å². The Morgan fingerprint density at radius 1 is 1.52 bits per heavy atom. The summed E-state index contributed by atoms with van der Waals surface area (Å²) in [5.41, 5.74) is 5.66. The van der Waals surface area contributed by atoms with E-state index in [9.17, 15) is 13.2 Å². The van der Waals surface area contributed by atoms with Crippen molar-refractivity contribution in [1.82, 2.24) is 9.62 Å². The normalized spacial score (nSPS) is 21.1. The summed E-state index contributed by atoms with van der Waals surface area (Å²) in [7, 11) is -3.49. The minimum absolute atomic E-state index is 0.0422. The summed E-state index contributed by atoms with van der Waals surface area (Å²) in [6.07, 6.45) is 2.14. The van der Waals surface area contributed by atoms with Crippen molar-refractivity contribution >= 4 is 27.3 Å². The van der Waals surface area contributed by atoms with Crippen LogP contribution in [-0.4, -0.2) is 44.3 Å². The molecular weight excluding hydrogens is 334 g/mol. The van der Waals surface area contributed by atoms with Crippen molar-refractivity contribution in [1.29, 1.82) is 0 Å². The Kier molecular flexibility index (Phi) is 6.19. The highest BCUT2D eigenvalue weighted by Crippen LogP contribution is 2.28. The van der Waals surface area contributed by atoms with Crippen LogP contribution in [0, 0.1) is 12.8 Å². The molecule has 1 aromatic rings. The zero-order valence-electron chi connectivity index (χ0n) is 13.6.